The average molecular weight is 389 g/mol. The lowest BCUT2D eigenvalue weighted by Gasteiger charge is -2.28. The molecule has 3 N–H and O–H groups in total. The van der Waals surface area contributed by atoms with Crippen LogP contribution in [0.25, 0.3) is 5.69 Å². The van der Waals surface area contributed by atoms with Crippen molar-refractivity contribution in [1.29, 1.82) is 0 Å². The number of aromatic nitrogens is 2. The molecule has 146 valence electrons. The zero-order valence-corrected chi connectivity index (χ0v) is 16.8. The number of rotatable bonds is 5. The molecular formula is C21H29ClN4O. The Hall–Kier alpha value is -1.85. The third-order valence-electron chi connectivity index (χ3n) is 6.06. The van der Waals surface area contributed by atoms with Gasteiger partial charge in [0.05, 0.1) is 11.2 Å². The Bertz CT molecular complexity index is 806. The fourth-order valence-corrected chi connectivity index (χ4v) is 4.44. The molecule has 0 saturated heterocycles. The number of carbonyl (C=O) groups is 1. The van der Waals surface area contributed by atoms with Crippen LogP contribution in [0, 0.1) is 0 Å². The van der Waals surface area contributed by atoms with Crippen LogP contribution in [0.5, 0.6) is 0 Å². The van der Waals surface area contributed by atoms with Crippen LogP contribution in [0.3, 0.4) is 0 Å². The summed E-state index contributed by atoms with van der Waals surface area (Å²) in [5.41, 5.74) is 11.0. The highest BCUT2D eigenvalue weighted by Crippen LogP contribution is 2.31. The molecule has 2 aliphatic rings. The molecular weight excluding hydrogens is 360 g/mol. The molecule has 5 nitrogen and oxygen atoms in total. The Labute approximate surface area is 167 Å². The largest absolute Gasteiger partial charge is 0.344 e. The summed E-state index contributed by atoms with van der Waals surface area (Å²) >= 11 is 0. The van der Waals surface area contributed by atoms with Gasteiger partial charge in [0.2, 0.25) is 0 Å². The first kappa shape index (κ1) is 19.9. The van der Waals surface area contributed by atoms with Crippen molar-refractivity contribution in [3.8, 4) is 5.69 Å². The predicted octanol–water partition coefficient (Wildman–Crippen LogP) is 3.35. The van der Waals surface area contributed by atoms with Crippen molar-refractivity contribution in [2.24, 2.45) is 5.73 Å². The highest BCUT2D eigenvalue weighted by atomic mass is 35.5. The van der Waals surface area contributed by atoms with E-state index in [1.54, 1.807) is 0 Å². The van der Waals surface area contributed by atoms with E-state index in [0.29, 0.717) is 12.2 Å². The van der Waals surface area contributed by atoms with Gasteiger partial charge in [0.25, 0.3) is 5.91 Å². The molecule has 2 aliphatic carbocycles. The third kappa shape index (κ3) is 3.63. The summed E-state index contributed by atoms with van der Waals surface area (Å²) < 4.78 is 1.97. The second-order valence-electron chi connectivity index (χ2n) is 7.70. The summed E-state index contributed by atoms with van der Waals surface area (Å²) in [7, 11) is 0. The quantitative estimate of drug-likeness (QED) is 0.824. The molecule has 0 unspecified atom stereocenters. The van der Waals surface area contributed by atoms with Gasteiger partial charge >= 0.3 is 0 Å². The van der Waals surface area contributed by atoms with Gasteiger partial charge in [-0.1, -0.05) is 31.9 Å². The van der Waals surface area contributed by atoms with E-state index in [0.717, 1.165) is 62.6 Å². The molecule has 0 bridgehead atoms. The van der Waals surface area contributed by atoms with Gasteiger partial charge in [0.1, 0.15) is 0 Å². The van der Waals surface area contributed by atoms with Crippen molar-refractivity contribution >= 4 is 18.3 Å². The zero-order valence-electron chi connectivity index (χ0n) is 16.0. The molecule has 1 aromatic carbocycles. The lowest BCUT2D eigenvalue weighted by molar-refractivity contribution is 0.0896. The van der Waals surface area contributed by atoms with Crippen molar-refractivity contribution in [3.63, 3.8) is 0 Å². The number of hydrogen-bond donors (Lipinski definition) is 2. The fraction of sp³-hybridized carbons (Fsp3) is 0.524. The Morgan fingerprint density at radius 2 is 1.89 bits per heavy atom. The lowest BCUT2D eigenvalue weighted by atomic mass is 9.97. The molecule has 1 heterocycles. The number of fused-ring (bicyclic) bond motifs is 1. The second-order valence-corrected chi connectivity index (χ2v) is 7.70. The summed E-state index contributed by atoms with van der Waals surface area (Å²) in [6.45, 7) is 2.65. The van der Waals surface area contributed by atoms with Crippen LogP contribution in [0.1, 0.15) is 66.3 Å². The maximum atomic E-state index is 13.0. The molecule has 1 fully saturated rings. The molecule has 0 radical (unpaired) electrons. The molecule has 1 saturated carbocycles. The van der Waals surface area contributed by atoms with Gasteiger partial charge in [-0.15, -0.1) is 12.4 Å². The molecule has 0 aliphatic heterocycles. The number of nitrogens with two attached hydrogens (primary N) is 1. The normalized spacial score (nSPS) is 17.4. The van der Waals surface area contributed by atoms with E-state index in [1.807, 2.05) is 4.68 Å². The number of hydrogen-bond acceptors (Lipinski definition) is 3. The summed E-state index contributed by atoms with van der Waals surface area (Å²) in [6.07, 6.45) is 8.22. The van der Waals surface area contributed by atoms with Crippen molar-refractivity contribution < 1.29 is 4.79 Å². The van der Waals surface area contributed by atoms with Crippen LogP contribution in [0.4, 0.5) is 0 Å². The predicted molar refractivity (Wildman–Crippen MR) is 110 cm³/mol. The maximum Gasteiger partial charge on any atom is 0.272 e. The molecule has 0 spiro atoms. The van der Waals surface area contributed by atoms with Crippen LogP contribution in [0.15, 0.2) is 24.3 Å². The molecule has 1 aromatic heterocycles. The van der Waals surface area contributed by atoms with Gasteiger partial charge in [-0.25, -0.2) is 4.68 Å². The van der Waals surface area contributed by atoms with Crippen LogP contribution in [-0.2, 0) is 19.3 Å². The molecule has 2 aromatic rings. The monoisotopic (exact) mass is 388 g/mol. The molecule has 27 heavy (non-hydrogen) atoms. The van der Waals surface area contributed by atoms with Crippen molar-refractivity contribution in [2.45, 2.75) is 63.8 Å². The fourth-order valence-electron chi connectivity index (χ4n) is 4.44. The molecule has 1 amide bonds. The van der Waals surface area contributed by atoms with Gasteiger partial charge in [-0.2, -0.15) is 5.10 Å². The smallest absolute Gasteiger partial charge is 0.272 e. The number of carbonyl (C=O) groups excluding carboxylic acids is 1. The number of aryl methyl sites for hydroxylation is 1. The van der Waals surface area contributed by atoms with Crippen LogP contribution in [-0.4, -0.2) is 27.8 Å². The van der Waals surface area contributed by atoms with Crippen LogP contribution < -0.4 is 11.1 Å². The van der Waals surface area contributed by atoms with E-state index < -0.39 is 0 Å². The molecule has 6 heteroatoms. The van der Waals surface area contributed by atoms with Gasteiger partial charge in [0, 0.05) is 17.8 Å². The first-order valence-electron chi connectivity index (χ1n) is 9.88. The van der Waals surface area contributed by atoms with E-state index >= 15 is 0 Å². The lowest BCUT2D eigenvalue weighted by Crippen LogP contribution is -2.51. The second kappa shape index (κ2) is 8.03. The summed E-state index contributed by atoms with van der Waals surface area (Å²) in [6, 6.07) is 8.48. The summed E-state index contributed by atoms with van der Waals surface area (Å²) in [5, 5.41) is 7.96. The van der Waals surface area contributed by atoms with E-state index in [2.05, 4.69) is 36.5 Å². The number of nitrogens with one attached hydrogen (secondary N) is 1. The highest BCUT2D eigenvalue weighted by molar-refractivity contribution is 5.95. The third-order valence-corrected chi connectivity index (χ3v) is 6.06. The Balaban J connectivity index is 0.00000210. The number of amides is 1. The van der Waals surface area contributed by atoms with Crippen LogP contribution >= 0.6 is 12.4 Å². The van der Waals surface area contributed by atoms with Gasteiger partial charge in [0.15, 0.2) is 5.69 Å². The minimum absolute atomic E-state index is 0. The number of halogens is 1. The van der Waals surface area contributed by atoms with Crippen molar-refractivity contribution in [2.75, 3.05) is 6.54 Å². The van der Waals surface area contributed by atoms with E-state index in [4.69, 9.17) is 10.8 Å². The standard InChI is InChI=1S/C21H28N4O.ClH/c1-2-15-8-10-16(11-9-15)25-18-7-5-6-17(18)19(24-25)20(26)23-21(14-22)12-3-4-13-21;/h8-11H,2-7,12-14,22H2,1H3,(H,23,26);1H. The molecule has 0 atom stereocenters. The Kier molecular flexibility index (Phi) is 5.92. The van der Waals surface area contributed by atoms with Gasteiger partial charge in [-0.05, 0) is 56.2 Å². The average Bonchev–Trinajstić information content (AvgIpc) is 3.38. The van der Waals surface area contributed by atoms with E-state index in [1.165, 1.54) is 11.3 Å². The first-order chi connectivity index (χ1) is 12.7. The van der Waals surface area contributed by atoms with Gasteiger partial charge in [-0.3, -0.25) is 4.79 Å². The minimum Gasteiger partial charge on any atom is -0.344 e. The van der Waals surface area contributed by atoms with Gasteiger partial charge < -0.3 is 11.1 Å². The minimum atomic E-state index is -0.241. The van der Waals surface area contributed by atoms with E-state index in [-0.39, 0.29) is 23.9 Å². The number of nitrogens with zero attached hydrogens (tertiary/aromatic N) is 2. The zero-order chi connectivity index (χ0) is 18.1. The highest BCUT2D eigenvalue weighted by Gasteiger charge is 2.36. The first-order valence-corrected chi connectivity index (χ1v) is 9.88. The van der Waals surface area contributed by atoms with Crippen molar-refractivity contribution in [1.82, 2.24) is 15.1 Å². The molecule has 4 rings (SSSR count). The maximum absolute atomic E-state index is 13.0. The number of benzene rings is 1. The van der Waals surface area contributed by atoms with E-state index in [9.17, 15) is 4.79 Å². The Morgan fingerprint density at radius 3 is 2.52 bits per heavy atom. The van der Waals surface area contributed by atoms with Crippen molar-refractivity contribution in [3.05, 3.63) is 46.8 Å². The SMILES string of the molecule is CCc1ccc(-n2nc(C(=O)NC3(CN)CCCC3)c3c2CCC3)cc1.Cl. The van der Waals surface area contributed by atoms with Crippen LogP contribution in [0.2, 0.25) is 0 Å². The summed E-state index contributed by atoms with van der Waals surface area (Å²) in [5.74, 6) is -0.0561. The topological polar surface area (TPSA) is 72.9 Å². The Morgan fingerprint density at radius 1 is 1.19 bits per heavy atom. The summed E-state index contributed by atoms with van der Waals surface area (Å²) in [4.78, 5) is 13.0.